The standard InChI is InChI=1S/3C28H19N3S/c1-18-30-25(20-8-4-7-19(15-20)21-9-6-14-29-17-21)16-26(31-18)24-12-5-11-23-22-10-2-3-13-27(22)32-28(23)24;1-18-30-24(20-13-11-19(12-14-20)21-6-5-15-29-17-21)16-25(31-18)22-8-4-10-27-28(22)23-7-2-3-9-26(23)32-27;1-18-30-25(20-10-8-19(9-11-20)22-5-4-14-29-17-22)16-26(31-18)21-12-13-28-24(15-21)23-6-2-3-7-27(23)32-28/h3*2-17H,1H3. The Morgan fingerprint density at radius 1 is 0.229 bits per heavy atom. The molecule has 9 aromatic carbocycles. The molecule has 96 heavy (non-hydrogen) atoms. The average molecular weight is 1290 g/mol. The summed E-state index contributed by atoms with van der Waals surface area (Å²) < 4.78 is 7.75. The van der Waals surface area contributed by atoms with Crippen LogP contribution in [0.4, 0.5) is 0 Å². The van der Waals surface area contributed by atoms with E-state index in [0.717, 1.165) is 118 Å². The van der Waals surface area contributed by atoms with Crippen LogP contribution in [0.5, 0.6) is 0 Å². The Morgan fingerprint density at radius 2 is 0.604 bits per heavy atom. The summed E-state index contributed by atoms with van der Waals surface area (Å²) in [5.41, 5.74) is 19.0. The van der Waals surface area contributed by atoms with Crippen molar-refractivity contribution in [3.05, 3.63) is 309 Å². The first-order chi connectivity index (χ1) is 47.3. The molecule has 0 fully saturated rings. The molecule has 12 heteroatoms. The van der Waals surface area contributed by atoms with E-state index in [1.54, 1.807) is 18.6 Å². The second-order valence-electron chi connectivity index (χ2n) is 23.4. The quantitative estimate of drug-likeness (QED) is 0.139. The summed E-state index contributed by atoms with van der Waals surface area (Å²) in [5, 5.41) is 7.70. The second-order valence-corrected chi connectivity index (χ2v) is 26.6. The van der Waals surface area contributed by atoms with E-state index in [0.29, 0.717) is 0 Å². The minimum Gasteiger partial charge on any atom is -0.264 e. The van der Waals surface area contributed by atoms with Crippen LogP contribution in [0.25, 0.3) is 161 Å². The molecule has 456 valence electrons. The molecule has 0 N–H and O–H groups in total. The number of hydrogen-bond acceptors (Lipinski definition) is 12. The smallest absolute Gasteiger partial charge is 0.126 e. The number of aryl methyl sites for hydroxylation is 3. The third-order valence-electron chi connectivity index (χ3n) is 17.0. The molecule has 0 aliphatic heterocycles. The van der Waals surface area contributed by atoms with Crippen molar-refractivity contribution in [1.82, 2.24) is 44.9 Å². The van der Waals surface area contributed by atoms with Crippen molar-refractivity contribution in [3.63, 3.8) is 0 Å². The van der Waals surface area contributed by atoms with Gasteiger partial charge in [0.05, 0.1) is 34.2 Å². The average Bonchev–Trinajstić information content (AvgIpc) is 1.57. The van der Waals surface area contributed by atoms with Gasteiger partial charge in [0.1, 0.15) is 17.5 Å². The van der Waals surface area contributed by atoms with Gasteiger partial charge in [-0.25, -0.2) is 29.9 Å². The lowest BCUT2D eigenvalue weighted by Gasteiger charge is -2.09. The van der Waals surface area contributed by atoms with Gasteiger partial charge >= 0.3 is 0 Å². The lowest BCUT2D eigenvalue weighted by Crippen LogP contribution is -1.95. The lowest BCUT2D eigenvalue weighted by atomic mass is 10.0. The van der Waals surface area contributed by atoms with Crippen LogP contribution in [0.15, 0.2) is 292 Å². The third kappa shape index (κ3) is 12.1. The Balaban J connectivity index is 0.000000113. The highest BCUT2D eigenvalue weighted by atomic mass is 32.1. The fraction of sp³-hybridized carbons (Fsp3) is 0.0357. The summed E-state index contributed by atoms with van der Waals surface area (Å²) >= 11 is 5.48. The first-order valence-electron chi connectivity index (χ1n) is 31.6. The van der Waals surface area contributed by atoms with Crippen LogP contribution in [0.1, 0.15) is 17.5 Å². The SMILES string of the molecule is Cc1nc(-c2ccc(-c3cccnc3)cc2)cc(-c2ccc3sc4ccccc4c3c2)n1.Cc1nc(-c2ccc(-c3cccnc3)cc2)cc(-c2cccc3sc4ccccc4c23)n1.Cc1nc(-c2cccc(-c3cccnc3)c2)cc(-c2cccc3c2sc2ccccc23)n1. The van der Waals surface area contributed by atoms with Gasteiger partial charge in [-0.05, 0) is 127 Å². The van der Waals surface area contributed by atoms with Crippen LogP contribution in [0, 0.1) is 20.8 Å². The molecule has 18 aromatic rings. The van der Waals surface area contributed by atoms with Crippen molar-refractivity contribution in [3.8, 4) is 101 Å². The fourth-order valence-corrected chi connectivity index (χ4v) is 16.0. The Hall–Kier alpha value is -11.7. The molecular weight excluding hydrogens is 1230 g/mol. The molecule has 0 saturated carbocycles. The predicted octanol–water partition coefficient (Wildman–Crippen LogP) is 22.6. The zero-order valence-electron chi connectivity index (χ0n) is 52.5. The summed E-state index contributed by atoms with van der Waals surface area (Å²) in [4.78, 5) is 41.3. The molecule has 0 radical (unpaired) electrons. The number of thiophene rings is 3. The van der Waals surface area contributed by atoms with Gasteiger partial charge in [0, 0.05) is 137 Å². The zero-order chi connectivity index (χ0) is 64.5. The zero-order valence-corrected chi connectivity index (χ0v) is 54.9. The van der Waals surface area contributed by atoms with Gasteiger partial charge in [-0.3, -0.25) is 15.0 Å². The number of benzene rings is 9. The largest absolute Gasteiger partial charge is 0.264 e. The Bertz CT molecular complexity index is 5870. The first-order valence-corrected chi connectivity index (χ1v) is 34.0. The summed E-state index contributed by atoms with van der Waals surface area (Å²) in [6.45, 7) is 5.88. The van der Waals surface area contributed by atoms with Crippen LogP contribution in [-0.4, -0.2) is 44.9 Å². The summed E-state index contributed by atoms with van der Waals surface area (Å²) in [7, 11) is 0. The highest BCUT2D eigenvalue weighted by molar-refractivity contribution is 7.27. The van der Waals surface area contributed by atoms with Crippen molar-refractivity contribution in [1.29, 1.82) is 0 Å². The predicted molar refractivity (Wildman–Crippen MR) is 401 cm³/mol. The molecule has 0 spiro atoms. The summed E-state index contributed by atoms with van der Waals surface area (Å²) in [6, 6.07) is 89.1. The topological polar surface area (TPSA) is 116 Å². The number of pyridine rings is 3. The third-order valence-corrected chi connectivity index (χ3v) is 20.6. The van der Waals surface area contributed by atoms with Gasteiger partial charge in [-0.1, -0.05) is 176 Å². The summed E-state index contributed by atoms with van der Waals surface area (Å²) in [5.74, 6) is 2.30. The number of aromatic nitrogens is 9. The van der Waals surface area contributed by atoms with Crippen LogP contribution < -0.4 is 0 Å². The van der Waals surface area contributed by atoms with E-state index in [2.05, 4.69) is 252 Å². The van der Waals surface area contributed by atoms with E-state index >= 15 is 0 Å². The Labute approximate surface area is 566 Å². The van der Waals surface area contributed by atoms with Crippen LogP contribution in [0.3, 0.4) is 0 Å². The molecular formula is C84H57N9S3. The molecule has 9 heterocycles. The van der Waals surface area contributed by atoms with Crippen molar-refractivity contribution in [2.24, 2.45) is 0 Å². The van der Waals surface area contributed by atoms with Gasteiger partial charge in [0.25, 0.3) is 0 Å². The maximum absolute atomic E-state index is 4.82. The minimum absolute atomic E-state index is 0.766. The first kappa shape index (κ1) is 59.4. The van der Waals surface area contributed by atoms with E-state index in [9.17, 15) is 0 Å². The molecule has 9 nitrogen and oxygen atoms in total. The number of rotatable bonds is 9. The molecule has 0 aliphatic rings. The van der Waals surface area contributed by atoms with E-state index in [4.69, 9.17) is 29.9 Å². The molecule has 18 rings (SSSR count). The van der Waals surface area contributed by atoms with E-state index in [1.165, 1.54) is 60.5 Å². The maximum atomic E-state index is 4.82. The van der Waals surface area contributed by atoms with Crippen LogP contribution >= 0.6 is 34.0 Å². The monoisotopic (exact) mass is 1290 g/mol. The van der Waals surface area contributed by atoms with Crippen molar-refractivity contribution in [2.45, 2.75) is 20.8 Å². The van der Waals surface area contributed by atoms with E-state index in [-0.39, 0.29) is 0 Å². The minimum atomic E-state index is 0.766. The van der Waals surface area contributed by atoms with Crippen LogP contribution in [-0.2, 0) is 0 Å². The van der Waals surface area contributed by atoms with Crippen molar-refractivity contribution in [2.75, 3.05) is 0 Å². The van der Waals surface area contributed by atoms with Gasteiger partial charge in [0.2, 0.25) is 0 Å². The van der Waals surface area contributed by atoms with E-state index < -0.39 is 0 Å². The Kier molecular flexibility index (Phi) is 16.1. The maximum Gasteiger partial charge on any atom is 0.126 e. The van der Waals surface area contributed by atoms with Crippen molar-refractivity contribution >= 4 is 94.5 Å². The van der Waals surface area contributed by atoms with Gasteiger partial charge in [-0.15, -0.1) is 34.0 Å². The van der Waals surface area contributed by atoms with Gasteiger partial charge in [0.15, 0.2) is 0 Å². The van der Waals surface area contributed by atoms with Gasteiger partial charge in [-0.2, -0.15) is 0 Å². The molecule has 0 amide bonds. The van der Waals surface area contributed by atoms with E-state index in [1.807, 2.05) is 91.6 Å². The molecule has 0 atom stereocenters. The highest BCUT2D eigenvalue weighted by Crippen LogP contribution is 2.43. The molecule has 0 bridgehead atoms. The number of hydrogen-bond donors (Lipinski definition) is 0. The van der Waals surface area contributed by atoms with Crippen molar-refractivity contribution < 1.29 is 0 Å². The van der Waals surface area contributed by atoms with Crippen LogP contribution in [0.2, 0.25) is 0 Å². The Morgan fingerprint density at radius 3 is 1.19 bits per heavy atom. The number of nitrogens with zero attached hydrogens (tertiary/aromatic N) is 9. The highest BCUT2D eigenvalue weighted by Gasteiger charge is 2.17. The molecule has 0 unspecified atom stereocenters. The molecule has 0 saturated heterocycles. The normalized spacial score (nSPS) is 11.3. The number of fused-ring (bicyclic) bond motifs is 9. The summed E-state index contributed by atoms with van der Waals surface area (Å²) in [6.07, 6.45) is 11.0. The molecule has 0 aliphatic carbocycles. The fourth-order valence-electron chi connectivity index (χ4n) is 12.5. The van der Waals surface area contributed by atoms with Gasteiger partial charge < -0.3 is 0 Å². The second kappa shape index (κ2) is 26.0. The molecule has 9 aromatic heterocycles. The lowest BCUT2D eigenvalue weighted by molar-refractivity contribution is 1.06.